The molecule has 0 radical (unpaired) electrons. The average molecular weight is 283 g/mol. The fourth-order valence-corrected chi connectivity index (χ4v) is 2.59. The fraction of sp³-hybridized carbons (Fsp3) is 0.286. The maximum Gasteiger partial charge on any atom is 0.416 e. The van der Waals surface area contributed by atoms with Crippen molar-refractivity contribution in [2.45, 2.75) is 18.4 Å². The predicted octanol–water partition coefficient (Wildman–Crippen LogP) is 2.00. The molecule has 2 fully saturated rings. The van der Waals surface area contributed by atoms with Crippen LogP contribution in [0.5, 0.6) is 0 Å². The summed E-state index contributed by atoms with van der Waals surface area (Å²) in [5, 5.41) is 13.5. The third kappa shape index (κ3) is 1.62. The van der Waals surface area contributed by atoms with E-state index < -0.39 is 6.09 Å². The highest BCUT2D eigenvalue weighted by Crippen LogP contribution is 2.46. The van der Waals surface area contributed by atoms with Crippen LogP contribution in [0.2, 0.25) is 0 Å². The van der Waals surface area contributed by atoms with Gasteiger partial charge in [-0.05, 0) is 25.0 Å². The Morgan fingerprint density at radius 2 is 2.24 bits per heavy atom. The van der Waals surface area contributed by atoms with Crippen LogP contribution in [-0.2, 0) is 4.74 Å². The molecule has 7 nitrogen and oxygen atoms in total. The van der Waals surface area contributed by atoms with Gasteiger partial charge in [-0.3, -0.25) is 9.69 Å². The van der Waals surface area contributed by atoms with E-state index in [0.717, 1.165) is 12.8 Å². The highest BCUT2D eigenvalue weighted by Gasteiger charge is 2.55. The smallest absolute Gasteiger partial charge is 0.416 e. The number of ether oxygens (including phenoxy) is 1. The molecule has 1 saturated carbocycles. The lowest BCUT2D eigenvalue weighted by atomic mass is 10.1. The number of aldehydes is 1. The normalized spacial score (nSPS) is 18.8. The summed E-state index contributed by atoms with van der Waals surface area (Å²) in [7, 11) is 0. The van der Waals surface area contributed by atoms with Gasteiger partial charge in [-0.15, -0.1) is 0 Å². The maximum absolute atomic E-state index is 12.0. The summed E-state index contributed by atoms with van der Waals surface area (Å²) in [5.74, 6) is 0.291. The van der Waals surface area contributed by atoms with Gasteiger partial charge in [0.05, 0.1) is 17.5 Å². The van der Waals surface area contributed by atoms with E-state index >= 15 is 0 Å². The third-order valence-corrected chi connectivity index (χ3v) is 3.87. The van der Waals surface area contributed by atoms with Crippen molar-refractivity contribution < 1.29 is 18.8 Å². The van der Waals surface area contributed by atoms with Crippen molar-refractivity contribution in [2.75, 3.05) is 11.4 Å². The molecule has 1 aromatic heterocycles. The summed E-state index contributed by atoms with van der Waals surface area (Å²) in [5.41, 5.74) is 0.421. The number of nitrogens with zero attached hydrogens (tertiary/aromatic N) is 3. The number of rotatable bonds is 2. The summed E-state index contributed by atoms with van der Waals surface area (Å²) in [6.45, 7) is 0.417. The molecule has 104 valence electrons. The van der Waals surface area contributed by atoms with Crippen molar-refractivity contribution in [3.63, 3.8) is 0 Å². The molecule has 7 heteroatoms. The lowest BCUT2D eigenvalue weighted by molar-refractivity contribution is 0.112. The van der Waals surface area contributed by atoms with Gasteiger partial charge in [0.2, 0.25) is 0 Å². The van der Waals surface area contributed by atoms with Crippen molar-refractivity contribution in [1.82, 2.24) is 5.16 Å². The van der Waals surface area contributed by atoms with Crippen molar-refractivity contribution >= 4 is 29.2 Å². The molecule has 1 aliphatic heterocycles. The second kappa shape index (κ2) is 3.82. The fourth-order valence-electron chi connectivity index (χ4n) is 2.59. The molecule has 1 amide bonds. The van der Waals surface area contributed by atoms with Crippen molar-refractivity contribution in [2.24, 2.45) is 0 Å². The Labute approximate surface area is 118 Å². The number of carbonyl (C=O) groups is 2. The Kier molecular flexibility index (Phi) is 2.17. The van der Waals surface area contributed by atoms with E-state index in [1.165, 1.54) is 11.0 Å². The summed E-state index contributed by atoms with van der Waals surface area (Å²) >= 11 is 0. The van der Waals surface area contributed by atoms with Crippen LogP contribution in [0.4, 0.5) is 10.6 Å². The number of fused-ring (bicyclic) bond motifs is 1. The van der Waals surface area contributed by atoms with Crippen LogP contribution < -0.4 is 4.90 Å². The highest BCUT2D eigenvalue weighted by molar-refractivity contribution is 6.02. The lowest BCUT2D eigenvalue weighted by Crippen LogP contribution is -2.25. The first-order chi connectivity index (χ1) is 10.2. The van der Waals surface area contributed by atoms with Gasteiger partial charge >= 0.3 is 6.09 Å². The van der Waals surface area contributed by atoms with E-state index in [1.807, 2.05) is 6.07 Å². The molecule has 1 spiro atoms. The van der Waals surface area contributed by atoms with Gasteiger partial charge in [0.15, 0.2) is 11.4 Å². The first-order valence-electron chi connectivity index (χ1n) is 6.45. The Hall–Kier alpha value is -2.88. The van der Waals surface area contributed by atoms with Crippen molar-refractivity contribution in [3.8, 4) is 6.07 Å². The summed E-state index contributed by atoms with van der Waals surface area (Å²) in [6, 6.07) is 4.94. The zero-order valence-corrected chi connectivity index (χ0v) is 10.8. The minimum Gasteiger partial charge on any atom is -0.441 e. The van der Waals surface area contributed by atoms with E-state index in [0.29, 0.717) is 29.6 Å². The molecule has 21 heavy (non-hydrogen) atoms. The Bertz CT molecular complexity index is 829. The molecular formula is C14H9N3O4. The Morgan fingerprint density at radius 3 is 2.86 bits per heavy atom. The number of hydrogen-bond acceptors (Lipinski definition) is 6. The second-order valence-corrected chi connectivity index (χ2v) is 5.32. The number of carbonyl (C=O) groups excluding carboxylic acids is 2. The molecule has 1 aromatic carbocycles. The molecule has 0 unspecified atom stereocenters. The molecule has 2 heterocycles. The monoisotopic (exact) mass is 283 g/mol. The summed E-state index contributed by atoms with van der Waals surface area (Å²) in [4.78, 5) is 24.4. The van der Waals surface area contributed by atoms with Crippen LogP contribution in [0, 0.1) is 11.3 Å². The summed E-state index contributed by atoms with van der Waals surface area (Å²) in [6.07, 6.45) is 1.85. The molecule has 2 aliphatic rings. The van der Waals surface area contributed by atoms with Crippen LogP contribution in [0.1, 0.15) is 28.8 Å². The van der Waals surface area contributed by atoms with Crippen molar-refractivity contribution in [3.05, 3.63) is 23.3 Å². The van der Waals surface area contributed by atoms with Crippen LogP contribution in [0.15, 0.2) is 16.7 Å². The zero-order valence-electron chi connectivity index (χ0n) is 10.8. The lowest BCUT2D eigenvalue weighted by Gasteiger charge is -2.08. The van der Waals surface area contributed by atoms with Gasteiger partial charge in [-0.25, -0.2) is 4.79 Å². The van der Waals surface area contributed by atoms with E-state index in [-0.39, 0.29) is 16.7 Å². The molecule has 0 bridgehead atoms. The van der Waals surface area contributed by atoms with E-state index in [4.69, 9.17) is 14.5 Å². The SMILES string of the molecule is N#Cc1cc(C=O)cc2c(N3CC4(CC4)OC3=O)noc12. The largest absolute Gasteiger partial charge is 0.441 e. The quantitative estimate of drug-likeness (QED) is 0.782. The molecule has 4 rings (SSSR count). The van der Waals surface area contributed by atoms with E-state index in [2.05, 4.69) is 5.16 Å². The van der Waals surface area contributed by atoms with Crippen LogP contribution in [-0.4, -0.2) is 29.7 Å². The van der Waals surface area contributed by atoms with Crippen LogP contribution >= 0.6 is 0 Å². The number of aromatic nitrogens is 1. The van der Waals surface area contributed by atoms with Gasteiger partial charge in [0, 0.05) is 5.56 Å². The number of hydrogen-bond donors (Lipinski definition) is 0. The molecular weight excluding hydrogens is 274 g/mol. The number of amides is 1. The standard InChI is InChI=1S/C14H9N3O4/c15-5-9-3-8(6-18)4-10-11(9)21-16-12(10)17-7-14(1-2-14)20-13(17)19/h3-4,6H,1-2,7H2. The molecule has 2 aromatic rings. The third-order valence-electron chi connectivity index (χ3n) is 3.87. The van der Waals surface area contributed by atoms with Crippen LogP contribution in [0.3, 0.4) is 0 Å². The van der Waals surface area contributed by atoms with E-state index in [9.17, 15) is 9.59 Å². The zero-order chi connectivity index (χ0) is 14.6. The molecule has 1 aliphatic carbocycles. The van der Waals surface area contributed by atoms with Gasteiger partial charge in [-0.2, -0.15) is 5.26 Å². The minimum atomic E-state index is -0.474. The first kappa shape index (κ1) is 11.9. The highest BCUT2D eigenvalue weighted by atomic mass is 16.6. The minimum absolute atomic E-state index is 0.210. The van der Waals surface area contributed by atoms with Gasteiger partial charge < -0.3 is 9.26 Å². The Morgan fingerprint density at radius 1 is 1.43 bits per heavy atom. The summed E-state index contributed by atoms with van der Waals surface area (Å²) < 4.78 is 10.5. The number of benzene rings is 1. The van der Waals surface area contributed by atoms with Gasteiger partial charge in [-0.1, -0.05) is 5.16 Å². The maximum atomic E-state index is 12.0. The molecule has 1 saturated heterocycles. The van der Waals surface area contributed by atoms with Crippen LogP contribution in [0.25, 0.3) is 11.0 Å². The molecule has 0 N–H and O–H groups in total. The Balaban J connectivity index is 1.88. The number of nitriles is 1. The average Bonchev–Trinajstić information content (AvgIpc) is 2.98. The molecule has 0 atom stereocenters. The van der Waals surface area contributed by atoms with Crippen molar-refractivity contribution in [1.29, 1.82) is 5.26 Å². The van der Waals surface area contributed by atoms with Gasteiger partial charge in [0.1, 0.15) is 18.0 Å². The first-order valence-corrected chi connectivity index (χ1v) is 6.45. The topological polar surface area (TPSA) is 96.4 Å². The van der Waals surface area contributed by atoms with E-state index in [1.54, 1.807) is 6.07 Å². The van der Waals surface area contributed by atoms with Gasteiger partial charge in [0.25, 0.3) is 0 Å². The second-order valence-electron chi connectivity index (χ2n) is 5.32. The number of anilines is 1. The predicted molar refractivity (Wildman–Crippen MR) is 69.9 cm³/mol.